The SMILES string of the molecule is CC1=CCC[C@@]2(C)CCC3C(C)CC[C@@H](C[C@H]12)C3(C)C. The van der Waals surface area contributed by atoms with E-state index in [0.717, 1.165) is 23.7 Å². The molecule has 3 aliphatic carbocycles. The van der Waals surface area contributed by atoms with Gasteiger partial charge in [0.25, 0.3) is 0 Å². The molecule has 2 bridgehead atoms. The molecule has 0 spiro atoms. The summed E-state index contributed by atoms with van der Waals surface area (Å²) >= 11 is 0. The van der Waals surface area contributed by atoms with Crippen molar-refractivity contribution < 1.29 is 0 Å². The molecule has 2 fully saturated rings. The Morgan fingerprint density at radius 1 is 1.05 bits per heavy atom. The predicted octanol–water partition coefficient (Wildman–Crippen LogP) is 6.22. The normalized spacial score (nSPS) is 47.8. The van der Waals surface area contributed by atoms with Crippen molar-refractivity contribution in [3.63, 3.8) is 0 Å². The summed E-state index contributed by atoms with van der Waals surface area (Å²) < 4.78 is 0. The van der Waals surface area contributed by atoms with Gasteiger partial charge in [-0.2, -0.15) is 0 Å². The van der Waals surface area contributed by atoms with Crippen LogP contribution in [0.3, 0.4) is 0 Å². The van der Waals surface area contributed by atoms with E-state index in [2.05, 4.69) is 40.7 Å². The number of fused-ring (bicyclic) bond motifs is 3. The molecular weight excluding hydrogens is 240 g/mol. The predicted molar refractivity (Wildman–Crippen MR) is 87.6 cm³/mol. The Kier molecular flexibility index (Phi) is 3.58. The van der Waals surface area contributed by atoms with Crippen LogP contribution in [0.5, 0.6) is 0 Å². The monoisotopic (exact) mass is 274 g/mol. The summed E-state index contributed by atoms with van der Waals surface area (Å²) in [5, 5.41) is 0. The summed E-state index contributed by atoms with van der Waals surface area (Å²) in [5.74, 6) is 3.73. The standard InChI is InChI=1S/C20H34/c1-14-7-6-11-20(5)12-10-17-15(2)8-9-16(13-18(14)20)19(17,3)4/h7,15-18H,6,8-13H2,1-5H3/t15?,16-,17?,18+,20-/m0/s1. The van der Waals surface area contributed by atoms with Gasteiger partial charge in [0.05, 0.1) is 0 Å². The maximum Gasteiger partial charge on any atom is -0.0149 e. The summed E-state index contributed by atoms with van der Waals surface area (Å²) in [6, 6.07) is 0. The van der Waals surface area contributed by atoms with Crippen molar-refractivity contribution in [2.45, 2.75) is 79.6 Å². The maximum atomic E-state index is 2.60. The van der Waals surface area contributed by atoms with Gasteiger partial charge in [-0.1, -0.05) is 45.8 Å². The quantitative estimate of drug-likeness (QED) is 0.460. The molecule has 0 aromatic carbocycles. The molecule has 20 heavy (non-hydrogen) atoms. The Morgan fingerprint density at radius 2 is 1.80 bits per heavy atom. The Morgan fingerprint density at radius 3 is 2.55 bits per heavy atom. The molecule has 0 aromatic heterocycles. The fourth-order valence-electron chi connectivity index (χ4n) is 6.19. The second-order valence-electron chi connectivity index (χ2n) is 9.15. The largest absolute Gasteiger partial charge is 0.0853 e. The second-order valence-corrected chi connectivity index (χ2v) is 9.15. The molecule has 2 saturated carbocycles. The molecule has 0 radical (unpaired) electrons. The van der Waals surface area contributed by atoms with Crippen molar-refractivity contribution in [3.05, 3.63) is 11.6 Å². The van der Waals surface area contributed by atoms with Crippen LogP contribution in [-0.4, -0.2) is 0 Å². The van der Waals surface area contributed by atoms with Gasteiger partial charge in [-0.15, -0.1) is 0 Å². The van der Waals surface area contributed by atoms with Crippen LogP contribution in [0, 0.1) is 34.5 Å². The van der Waals surface area contributed by atoms with Crippen LogP contribution in [0.25, 0.3) is 0 Å². The molecule has 5 atom stereocenters. The molecule has 0 heterocycles. The first kappa shape index (κ1) is 14.7. The maximum absolute atomic E-state index is 2.60. The van der Waals surface area contributed by atoms with E-state index in [1.165, 1.54) is 44.9 Å². The minimum Gasteiger partial charge on any atom is -0.0853 e. The Labute approximate surface area is 126 Å². The van der Waals surface area contributed by atoms with E-state index in [0.29, 0.717) is 10.8 Å². The number of rotatable bonds is 0. The smallest absolute Gasteiger partial charge is 0.0149 e. The van der Waals surface area contributed by atoms with Gasteiger partial charge in [-0.3, -0.25) is 0 Å². The Bertz CT molecular complexity index is 402. The van der Waals surface area contributed by atoms with Gasteiger partial charge >= 0.3 is 0 Å². The molecule has 3 rings (SSSR count). The van der Waals surface area contributed by atoms with Gasteiger partial charge in [-0.25, -0.2) is 0 Å². The van der Waals surface area contributed by atoms with E-state index in [1.54, 1.807) is 5.57 Å². The first-order valence-electron chi connectivity index (χ1n) is 9.01. The highest BCUT2D eigenvalue weighted by molar-refractivity contribution is 5.15. The summed E-state index contributed by atoms with van der Waals surface area (Å²) in [6.45, 7) is 12.7. The van der Waals surface area contributed by atoms with Crippen LogP contribution < -0.4 is 0 Å². The zero-order valence-electron chi connectivity index (χ0n) is 14.3. The van der Waals surface area contributed by atoms with E-state index < -0.39 is 0 Å². The van der Waals surface area contributed by atoms with Gasteiger partial charge in [0, 0.05) is 0 Å². The zero-order valence-corrected chi connectivity index (χ0v) is 14.3. The fraction of sp³-hybridized carbons (Fsp3) is 0.900. The van der Waals surface area contributed by atoms with Gasteiger partial charge in [0.2, 0.25) is 0 Å². The molecule has 0 amide bonds. The summed E-state index contributed by atoms with van der Waals surface area (Å²) in [7, 11) is 0. The van der Waals surface area contributed by atoms with E-state index in [1.807, 2.05) is 0 Å². The van der Waals surface area contributed by atoms with Crippen molar-refractivity contribution in [1.82, 2.24) is 0 Å². The molecular formula is C20H34. The van der Waals surface area contributed by atoms with Crippen LogP contribution in [0.2, 0.25) is 0 Å². The molecule has 114 valence electrons. The molecule has 0 saturated heterocycles. The topological polar surface area (TPSA) is 0 Å². The molecule has 0 N–H and O–H groups in total. The second kappa shape index (κ2) is 4.89. The van der Waals surface area contributed by atoms with E-state index in [4.69, 9.17) is 0 Å². The van der Waals surface area contributed by atoms with Crippen LogP contribution >= 0.6 is 0 Å². The third-order valence-electron chi connectivity index (χ3n) is 7.78. The van der Waals surface area contributed by atoms with E-state index in [-0.39, 0.29) is 0 Å². The summed E-state index contributed by atoms with van der Waals surface area (Å²) in [6.07, 6.45) is 12.7. The molecule has 3 aliphatic rings. The summed E-state index contributed by atoms with van der Waals surface area (Å²) in [4.78, 5) is 0. The van der Waals surface area contributed by atoms with Crippen molar-refractivity contribution in [2.75, 3.05) is 0 Å². The lowest BCUT2D eigenvalue weighted by molar-refractivity contribution is -0.0404. The highest BCUT2D eigenvalue weighted by Gasteiger charge is 2.49. The van der Waals surface area contributed by atoms with Crippen LogP contribution in [0.1, 0.15) is 79.6 Å². The van der Waals surface area contributed by atoms with Crippen molar-refractivity contribution >= 4 is 0 Å². The van der Waals surface area contributed by atoms with Gasteiger partial charge in [0.1, 0.15) is 0 Å². The lowest BCUT2D eigenvalue weighted by atomic mass is 9.50. The fourth-order valence-corrected chi connectivity index (χ4v) is 6.19. The summed E-state index contributed by atoms with van der Waals surface area (Å²) in [5.41, 5.74) is 2.88. The average molecular weight is 274 g/mol. The van der Waals surface area contributed by atoms with Crippen LogP contribution in [0.4, 0.5) is 0 Å². The van der Waals surface area contributed by atoms with Gasteiger partial charge < -0.3 is 0 Å². The van der Waals surface area contributed by atoms with Crippen molar-refractivity contribution in [2.24, 2.45) is 34.5 Å². The van der Waals surface area contributed by atoms with Gasteiger partial charge in [0.15, 0.2) is 0 Å². The van der Waals surface area contributed by atoms with Crippen LogP contribution in [0.15, 0.2) is 11.6 Å². The molecule has 0 nitrogen and oxygen atoms in total. The Hall–Kier alpha value is -0.260. The molecule has 2 unspecified atom stereocenters. The number of allylic oxidation sites excluding steroid dienone is 2. The third kappa shape index (κ3) is 2.18. The Balaban J connectivity index is 1.95. The molecule has 0 aliphatic heterocycles. The number of hydrogen-bond donors (Lipinski definition) is 0. The third-order valence-corrected chi connectivity index (χ3v) is 7.78. The lowest BCUT2D eigenvalue weighted by Gasteiger charge is -2.55. The van der Waals surface area contributed by atoms with Crippen molar-refractivity contribution in [3.8, 4) is 0 Å². The highest BCUT2D eigenvalue weighted by atomic mass is 14.5. The van der Waals surface area contributed by atoms with Crippen LogP contribution in [-0.2, 0) is 0 Å². The first-order chi connectivity index (χ1) is 9.34. The molecule has 0 heteroatoms. The minimum absolute atomic E-state index is 0.566. The minimum atomic E-state index is 0.566. The first-order valence-corrected chi connectivity index (χ1v) is 9.01. The van der Waals surface area contributed by atoms with Gasteiger partial charge in [-0.05, 0) is 80.0 Å². The zero-order chi connectivity index (χ0) is 14.5. The highest BCUT2D eigenvalue weighted by Crippen LogP contribution is 2.59. The van der Waals surface area contributed by atoms with Crippen molar-refractivity contribution in [1.29, 1.82) is 0 Å². The molecule has 0 aromatic rings. The average Bonchev–Trinajstić information content (AvgIpc) is 2.35. The number of hydrogen-bond acceptors (Lipinski definition) is 0. The lowest BCUT2D eigenvalue weighted by Crippen LogP contribution is -2.46. The van der Waals surface area contributed by atoms with E-state index in [9.17, 15) is 0 Å². The van der Waals surface area contributed by atoms with E-state index >= 15 is 0 Å².